The number of benzene rings is 3. The number of ether oxygens (including phenoxy) is 1. The molecular weight excluding hydrogens is 538 g/mol. The van der Waals surface area contributed by atoms with Crippen molar-refractivity contribution in [1.82, 2.24) is 10.2 Å². The van der Waals surface area contributed by atoms with E-state index in [1.165, 1.54) is 4.90 Å². The summed E-state index contributed by atoms with van der Waals surface area (Å²) in [6.45, 7) is 7.81. The standard InChI is InChI=1S/C32H41N3O5S/c1-6-8-20-33-32(37)30(7-2)34(22-26-14-16-28(40-5)17-15-26)31(36)23-35(27-11-9-10-25(4)21-27)41(38,39)29-18-12-24(3)13-19-29/h9-19,21,30H,6-8,20,22-23H2,1-5H3,(H,33,37). The van der Waals surface area contributed by atoms with E-state index in [4.69, 9.17) is 4.74 Å². The molecule has 3 rings (SSSR count). The molecular formula is C32H41N3O5S. The molecule has 41 heavy (non-hydrogen) atoms. The van der Waals surface area contributed by atoms with Crippen LogP contribution >= 0.6 is 0 Å². The highest BCUT2D eigenvalue weighted by Crippen LogP contribution is 2.26. The maximum atomic E-state index is 14.1. The van der Waals surface area contributed by atoms with Crippen molar-refractivity contribution in [2.45, 2.75) is 64.4 Å². The first-order valence-electron chi connectivity index (χ1n) is 14.0. The van der Waals surface area contributed by atoms with Crippen molar-refractivity contribution in [3.8, 4) is 5.75 Å². The number of sulfonamides is 1. The number of hydrogen-bond donors (Lipinski definition) is 1. The van der Waals surface area contributed by atoms with E-state index in [1.54, 1.807) is 61.7 Å². The maximum absolute atomic E-state index is 14.1. The van der Waals surface area contributed by atoms with E-state index in [1.807, 2.05) is 45.9 Å². The van der Waals surface area contributed by atoms with E-state index in [0.29, 0.717) is 24.4 Å². The van der Waals surface area contributed by atoms with Gasteiger partial charge in [-0.3, -0.25) is 13.9 Å². The summed E-state index contributed by atoms with van der Waals surface area (Å²) in [6, 6.07) is 20.1. The van der Waals surface area contributed by atoms with Gasteiger partial charge in [0.25, 0.3) is 10.0 Å². The van der Waals surface area contributed by atoms with E-state index in [9.17, 15) is 18.0 Å². The zero-order valence-electron chi connectivity index (χ0n) is 24.6. The molecule has 0 saturated carbocycles. The molecule has 0 spiro atoms. The Labute approximate surface area is 244 Å². The molecule has 0 heterocycles. The largest absolute Gasteiger partial charge is 0.497 e. The molecule has 1 unspecified atom stereocenters. The third-order valence-electron chi connectivity index (χ3n) is 6.90. The zero-order chi connectivity index (χ0) is 30.0. The van der Waals surface area contributed by atoms with Gasteiger partial charge >= 0.3 is 0 Å². The number of nitrogens with one attached hydrogen (secondary N) is 1. The number of rotatable bonds is 14. The smallest absolute Gasteiger partial charge is 0.264 e. The lowest BCUT2D eigenvalue weighted by molar-refractivity contribution is -0.140. The Balaban J connectivity index is 2.03. The number of hydrogen-bond acceptors (Lipinski definition) is 5. The van der Waals surface area contributed by atoms with Crippen molar-refractivity contribution in [3.63, 3.8) is 0 Å². The fraction of sp³-hybridized carbons (Fsp3) is 0.375. The van der Waals surface area contributed by atoms with Gasteiger partial charge < -0.3 is 15.0 Å². The summed E-state index contributed by atoms with van der Waals surface area (Å²) in [5.74, 6) is -0.0624. The van der Waals surface area contributed by atoms with Gasteiger partial charge in [-0.05, 0) is 74.2 Å². The first-order valence-corrected chi connectivity index (χ1v) is 15.4. The Morgan fingerprint density at radius 1 is 0.927 bits per heavy atom. The molecule has 9 heteroatoms. The van der Waals surface area contributed by atoms with Gasteiger partial charge in [0.1, 0.15) is 18.3 Å². The van der Waals surface area contributed by atoms with Crippen molar-refractivity contribution in [2.24, 2.45) is 0 Å². The summed E-state index contributed by atoms with van der Waals surface area (Å²) in [6.07, 6.45) is 2.12. The second kappa shape index (κ2) is 14.7. The van der Waals surface area contributed by atoms with Crippen LogP contribution in [0.4, 0.5) is 5.69 Å². The molecule has 220 valence electrons. The highest BCUT2D eigenvalue weighted by molar-refractivity contribution is 7.92. The normalized spacial score (nSPS) is 11.9. The Morgan fingerprint density at radius 3 is 2.20 bits per heavy atom. The molecule has 0 fully saturated rings. The van der Waals surface area contributed by atoms with Crippen LogP contribution in [0.5, 0.6) is 5.75 Å². The van der Waals surface area contributed by atoms with Crippen LogP contribution in [0.25, 0.3) is 0 Å². The highest BCUT2D eigenvalue weighted by atomic mass is 32.2. The van der Waals surface area contributed by atoms with E-state index in [0.717, 1.165) is 33.8 Å². The topological polar surface area (TPSA) is 96.0 Å². The highest BCUT2D eigenvalue weighted by Gasteiger charge is 2.33. The molecule has 0 aliphatic heterocycles. The molecule has 0 radical (unpaired) electrons. The maximum Gasteiger partial charge on any atom is 0.264 e. The molecule has 0 bridgehead atoms. The predicted octanol–water partition coefficient (Wildman–Crippen LogP) is 5.23. The van der Waals surface area contributed by atoms with Gasteiger partial charge in [0.15, 0.2) is 0 Å². The number of carbonyl (C=O) groups is 2. The Bertz CT molecular complexity index is 1410. The van der Waals surface area contributed by atoms with Crippen LogP contribution in [0, 0.1) is 13.8 Å². The summed E-state index contributed by atoms with van der Waals surface area (Å²) < 4.78 is 34.3. The first-order chi connectivity index (χ1) is 19.6. The predicted molar refractivity (Wildman–Crippen MR) is 162 cm³/mol. The van der Waals surface area contributed by atoms with Gasteiger partial charge in [-0.25, -0.2) is 8.42 Å². The Kier molecular flexibility index (Phi) is 11.3. The number of anilines is 1. The molecule has 1 N–H and O–H groups in total. The average molecular weight is 580 g/mol. The number of unbranched alkanes of at least 4 members (excludes halogenated alkanes) is 1. The molecule has 0 saturated heterocycles. The monoisotopic (exact) mass is 579 g/mol. The Hall–Kier alpha value is -3.85. The van der Waals surface area contributed by atoms with Gasteiger partial charge in [0, 0.05) is 13.1 Å². The number of carbonyl (C=O) groups excluding carboxylic acids is 2. The molecule has 3 aromatic carbocycles. The number of methoxy groups -OCH3 is 1. The lowest BCUT2D eigenvalue weighted by Gasteiger charge is -2.33. The van der Waals surface area contributed by atoms with Crippen LogP contribution in [0.15, 0.2) is 77.7 Å². The van der Waals surface area contributed by atoms with Crippen molar-refractivity contribution in [1.29, 1.82) is 0 Å². The van der Waals surface area contributed by atoms with Crippen LogP contribution < -0.4 is 14.4 Å². The third-order valence-corrected chi connectivity index (χ3v) is 8.69. The quantitative estimate of drug-likeness (QED) is 0.264. The van der Waals surface area contributed by atoms with E-state index in [-0.39, 0.29) is 17.3 Å². The zero-order valence-corrected chi connectivity index (χ0v) is 25.4. The molecule has 3 aromatic rings. The van der Waals surface area contributed by atoms with E-state index < -0.39 is 28.5 Å². The summed E-state index contributed by atoms with van der Waals surface area (Å²) in [4.78, 5) is 29.0. The van der Waals surface area contributed by atoms with Gasteiger partial charge in [0.2, 0.25) is 11.8 Å². The van der Waals surface area contributed by atoms with Gasteiger partial charge in [-0.15, -0.1) is 0 Å². The Morgan fingerprint density at radius 2 is 1.61 bits per heavy atom. The van der Waals surface area contributed by atoms with Crippen molar-refractivity contribution >= 4 is 27.5 Å². The molecule has 0 aliphatic rings. The van der Waals surface area contributed by atoms with E-state index >= 15 is 0 Å². The van der Waals surface area contributed by atoms with Crippen LogP contribution in [-0.2, 0) is 26.2 Å². The summed E-state index contributed by atoms with van der Waals surface area (Å²) in [5, 5.41) is 2.94. The van der Waals surface area contributed by atoms with Gasteiger partial charge in [-0.2, -0.15) is 0 Å². The summed E-state index contributed by atoms with van der Waals surface area (Å²) in [7, 11) is -2.52. The van der Waals surface area contributed by atoms with Gasteiger partial charge in [0.05, 0.1) is 17.7 Å². The fourth-order valence-corrected chi connectivity index (χ4v) is 5.91. The lowest BCUT2D eigenvalue weighted by atomic mass is 10.1. The first kappa shape index (κ1) is 31.7. The fourth-order valence-electron chi connectivity index (χ4n) is 4.50. The number of aryl methyl sites for hydroxylation is 2. The number of nitrogens with zero attached hydrogens (tertiary/aromatic N) is 2. The van der Waals surface area contributed by atoms with Crippen molar-refractivity contribution in [2.75, 3.05) is 24.5 Å². The van der Waals surface area contributed by atoms with E-state index in [2.05, 4.69) is 5.32 Å². The molecule has 0 aromatic heterocycles. The minimum absolute atomic E-state index is 0.0865. The van der Waals surface area contributed by atoms with Crippen LogP contribution in [0.1, 0.15) is 49.8 Å². The SMILES string of the molecule is CCCCNC(=O)C(CC)N(Cc1ccc(OC)cc1)C(=O)CN(c1cccc(C)c1)S(=O)(=O)c1ccc(C)cc1. The van der Waals surface area contributed by atoms with Crippen LogP contribution in [-0.4, -0.2) is 51.4 Å². The van der Waals surface area contributed by atoms with Gasteiger partial charge in [-0.1, -0.05) is 62.2 Å². The molecule has 0 aliphatic carbocycles. The lowest BCUT2D eigenvalue weighted by Crippen LogP contribution is -2.52. The molecule has 2 amide bonds. The average Bonchev–Trinajstić information content (AvgIpc) is 2.96. The van der Waals surface area contributed by atoms with Crippen LogP contribution in [0.2, 0.25) is 0 Å². The number of amides is 2. The van der Waals surface area contributed by atoms with Crippen molar-refractivity contribution < 1.29 is 22.7 Å². The van der Waals surface area contributed by atoms with Crippen LogP contribution in [0.3, 0.4) is 0 Å². The minimum Gasteiger partial charge on any atom is -0.497 e. The summed E-state index contributed by atoms with van der Waals surface area (Å²) >= 11 is 0. The summed E-state index contributed by atoms with van der Waals surface area (Å²) in [5.41, 5.74) is 2.95. The second-order valence-corrected chi connectivity index (χ2v) is 12.0. The second-order valence-electron chi connectivity index (χ2n) is 10.1. The third kappa shape index (κ3) is 8.33. The van der Waals surface area contributed by atoms with Crippen molar-refractivity contribution in [3.05, 3.63) is 89.5 Å². The molecule has 8 nitrogen and oxygen atoms in total. The minimum atomic E-state index is -4.10. The molecule has 1 atom stereocenters.